The zero-order chi connectivity index (χ0) is 88.6. The molecule has 4 heterocycles. The molecule has 0 radical (unpaired) electrons. The van der Waals surface area contributed by atoms with E-state index in [1.807, 2.05) is 27.7 Å². The minimum absolute atomic E-state index is 0. The van der Waals surface area contributed by atoms with Gasteiger partial charge in [-0.05, 0) is 167 Å². The molecule has 3 unspecified atom stereocenters. The first-order chi connectivity index (χ1) is 54.5. The van der Waals surface area contributed by atoms with Crippen LogP contribution in [0.4, 0.5) is 14.4 Å². The molecule has 47 heteroatoms. The lowest BCUT2D eigenvalue weighted by Crippen LogP contribution is -2.41. The van der Waals surface area contributed by atoms with E-state index in [1.54, 1.807) is 167 Å². The van der Waals surface area contributed by atoms with Crippen molar-refractivity contribution < 1.29 is 137 Å². The number of hydrogen-bond donors (Lipinski definition) is 9. The van der Waals surface area contributed by atoms with Gasteiger partial charge in [-0.25, -0.2) is 14.4 Å². The quantitative estimate of drug-likeness (QED) is 0.00707. The highest BCUT2D eigenvalue weighted by Crippen LogP contribution is 2.38. The van der Waals surface area contributed by atoms with E-state index in [0.29, 0.717) is 77.1 Å². The van der Waals surface area contributed by atoms with Gasteiger partial charge < -0.3 is 86.7 Å². The van der Waals surface area contributed by atoms with Gasteiger partial charge >= 0.3 is 46.8 Å². The Morgan fingerprint density at radius 1 is 0.534 bits per heavy atom. The number of halogens is 2. The van der Waals surface area contributed by atoms with Crippen molar-refractivity contribution in [3.05, 3.63) is 154 Å². The average Bonchev–Trinajstić information content (AvgIpc) is 1.56. The normalized spacial score (nSPS) is 15.5. The molecular formula is C71H102B4BrClN8O32S. The van der Waals surface area contributed by atoms with Crippen molar-refractivity contribution in [3.63, 3.8) is 0 Å². The highest BCUT2D eigenvalue weighted by atomic mass is 79.9. The molecule has 118 heavy (non-hydrogen) atoms. The van der Waals surface area contributed by atoms with Crippen molar-refractivity contribution in [1.82, 2.24) is 21.3 Å². The van der Waals surface area contributed by atoms with Gasteiger partial charge in [-0.1, -0.05) is 60.7 Å². The summed E-state index contributed by atoms with van der Waals surface area (Å²) in [4.78, 5) is 98.0. The van der Waals surface area contributed by atoms with Gasteiger partial charge in [-0.15, -0.1) is 12.4 Å². The molecule has 3 atom stereocenters. The number of nitrogens with zero attached hydrogens (tertiary/aromatic N) is 3. The summed E-state index contributed by atoms with van der Waals surface area (Å²) in [5, 5.41) is 78.7. The number of nitro groups is 3. The van der Waals surface area contributed by atoms with E-state index in [0.717, 1.165) is 18.8 Å². The lowest BCUT2D eigenvalue weighted by atomic mass is 9.75. The number of aliphatic hydroxyl groups excluding tert-OH is 1. The van der Waals surface area contributed by atoms with E-state index >= 15 is 0 Å². The fourth-order valence-electron chi connectivity index (χ4n) is 10.1. The van der Waals surface area contributed by atoms with E-state index in [2.05, 4.69) is 41.4 Å². The van der Waals surface area contributed by atoms with Gasteiger partial charge in [0.2, 0.25) is 25.5 Å². The van der Waals surface area contributed by atoms with Crippen molar-refractivity contribution in [2.75, 3.05) is 72.8 Å². The topological polar surface area (TPSA) is 550 Å². The average molecular weight is 1770 g/mol. The van der Waals surface area contributed by atoms with Crippen LogP contribution in [0.1, 0.15) is 166 Å². The number of alkyl carbamates (subject to hydrolysis) is 3. The molecule has 5 aromatic carbocycles. The second-order valence-electron chi connectivity index (χ2n) is 28.7. The molecule has 5 aromatic rings. The molecule has 0 bridgehead atoms. The second-order valence-corrected chi connectivity index (χ2v) is 31.1. The Morgan fingerprint density at radius 2 is 0.822 bits per heavy atom. The Balaban J connectivity index is 0.000000488. The molecule has 40 nitrogen and oxygen atoms in total. The number of carbonyl (C=O) groups is 6. The Hall–Kier alpha value is -9.54. The number of hydrogen-bond acceptors (Lipinski definition) is 33. The van der Waals surface area contributed by atoms with Crippen LogP contribution in [-0.4, -0.2) is 209 Å². The maximum atomic E-state index is 11.8. The summed E-state index contributed by atoms with van der Waals surface area (Å²) < 4.78 is 94.6. The molecule has 0 saturated carbocycles. The van der Waals surface area contributed by atoms with Gasteiger partial charge in [0.15, 0.2) is 33.2 Å². The van der Waals surface area contributed by atoms with E-state index in [9.17, 15) is 82.6 Å². The molecule has 10 N–H and O–H groups in total. The molecular weight excluding hydrogens is 1670 g/mol. The number of nitrogens with two attached hydrogens (primary N) is 1. The summed E-state index contributed by atoms with van der Waals surface area (Å²) in [6.45, 7) is 27.0. The number of fused-ring (bicyclic) bond motifs is 3. The van der Waals surface area contributed by atoms with Crippen molar-refractivity contribution in [1.29, 1.82) is 0 Å². The van der Waals surface area contributed by atoms with E-state index in [4.69, 9.17) is 72.0 Å². The van der Waals surface area contributed by atoms with Crippen molar-refractivity contribution in [2.24, 2.45) is 5.73 Å². The minimum atomic E-state index is -3.17. The molecule has 4 aliphatic heterocycles. The summed E-state index contributed by atoms with van der Waals surface area (Å²) in [6, 6.07) is 24.8. The molecule has 9 rings (SSSR count). The maximum Gasteiger partial charge on any atom is 0.499 e. The first kappa shape index (κ1) is 105. The number of aldehydes is 2. The van der Waals surface area contributed by atoms with Crippen LogP contribution in [0.25, 0.3) is 0 Å². The molecule has 1 fully saturated rings. The Morgan fingerprint density at radius 3 is 1.10 bits per heavy atom. The molecule has 4 amide bonds. The number of benzene rings is 5. The number of aliphatic hydroxyl groups is 1. The van der Waals surface area contributed by atoms with Crippen LogP contribution in [0.15, 0.2) is 95.5 Å². The smallest absolute Gasteiger partial charge is 0.479 e. The van der Waals surface area contributed by atoms with E-state index in [-0.39, 0.29) is 70.9 Å². The highest BCUT2D eigenvalue weighted by molar-refractivity contribution is 9.10. The lowest BCUT2D eigenvalue weighted by Gasteiger charge is -2.32. The number of nitrogens with one attached hydrogen (secondary N) is 4. The van der Waals surface area contributed by atoms with E-state index < -0.39 is 138 Å². The van der Waals surface area contributed by atoms with Crippen LogP contribution in [0, 0.1) is 30.3 Å². The van der Waals surface area contributed by atoms with Crippen LogP contribution < -0.4 is 72.5 Å². The van der Waals surface area contributed by atoms with Gasteiger partial charge in [-0.3, -0.25) is 70.6 Å². The molecule has 0 aromatic heterocycles. The third-order valence-electron chi connectivity index (χ3n) is 15.4. The number of carbonyl (C=O) groups excluding carboxylic acids is 6. The zero-order valence-corrected chi connectivity index (χ0v) is 71.5. The number of amides is 4. The summed E-state index contributed by atoms with van der Waals surface area (Å²) in [6.07, 6.45) is -1.72. The van der Waals surface area contributed by atoms with Crippen LogP contribution in [0.5, 0.6) is 28.7 Å². The lowest BCUT2D eigenvalue weighted by molar-refractivity contribution is -0.490. The SMILES string of the molecule is CC(=O)NCOc1cccc2c1B(O)OC2C[N+](=O)[O-].CC(C)(C)OC(=O)NCOc1cccc(C=O)c1B1OC(C)(C)C(C)(C)O1.CC(C)(C)OC(=O)NCOc1cccc(C=O)c1Br.CC(C)(C)OC(=O)NCOc1cccc2c1B(O)OC2C[N+](=O)[O-].CCO.CCOS(C)(=O)=O.Cl.NCOc1cccc2c1B(O)OC2C[N+](=O)[O-]. The summed E-state index contributed by atoms with van der Waals surface area (Å²) in [7, 11) is -7.73. The van der Waals surface area contributed by atoms with E-state index in [1.165, 1.54) is 6.92 Å². The summed E-state index contributed by atoms with van der Waals surface area (Å²) in [5.74, 6) is 1.62. The predicted octanol–water partition coefficient (Wildman–Crippen LogP) is 4.98. The van der Waals surface area contributed by atoms with Gasteiger partial charge in [-0.2, -0.15) is 8.42 Å². The first-order valence-corrected chi connectivity index (χ1v) is 38.4. The Bertz CT molecular complexity index is 4260. The Kier molecular flexibility index (Phi) is 43.0. The second kappa shape index (κ2) is 48.5. The number of ether oxygens (including phenoxy) is 8. The molecule has 4 aliphatic rings. The summed E-state index contributed by atoms with van der Waals surface area (Å²) in [5.41, 5.74) is 6.46. The third kappa shape index (κ3) is 36.0. The minimum Gasteiger partial charge on any atom is -0.479 e. The van der Waals surface area contributed by atoms with Gasteiger partial charge in [0, 0.05) is 61.3 Å². The van der Waals surface area contributed by atoms with Crippen LogP contribution >= 0.6 is 28.3 Å². The number of rotatable bonds is 25. The first-order valence-electron chi connectivity index (χ1n) is 35.8. The van der Waals surface area contributed by atoms with Crippen molar-refractivity contribution in [2.45, 2.75) is 157 Å². The molecule has 0 spiro atoms. The van der Waals surface area contributed by atoms with Crippen LogP contribution in [0.2, 0.25) is 0 Å². The van der Waals surface area contributed by atoms with Crippen LogP contribution in [0.3, 0.4) is 0 Å². The fraction of sp³-hybridized carbons (Fsp3) is 0.493. The molecule has 0 aliphatic carbocycles. The highest BCUT2D eigenvalue weighted by Gasteiger charge is 2.53. The fourth-order valence-corrected chi connectivity index (χ4v) is 11.0. The summed E-state index contributed by atoms with van der Waals surface area (Å²) >= 11 is 3.26. The maximum absolute atomic E-state index is 11.8. The monoisotopic (exact) mass is 1770 g/mol. The standard InChI is InChI=1S/C19H28BNO6.C14H19BN2O7.C13H16BrNO4.C11H13BN2O6.C9H11BN2O5.C3H8O3S.C2H6O.ClH/c1-17(2,3)25-16(23)21-12-24-14-10-8-9-13(11-22)15(14)20-26-18(4,5)19(6,7)27-20;1-14(2,3)23-13(18)16-8-22-10-6-4-5-9-11(7-17(20)21)24-15(19)12(9)10;1-13(2,3)19-12(17)15-8-18-10-6-4-5-9(7-16)11(10)14;1-7(15)13-6-19-9-4-2-3-8-10(5-14(17)18)20-12(16)11(8)9;11-5-16-7-3-1-2-6-8(4-12(14)15)17-10(13)9(6)7;1-3-6-7(2,4)5;1-2-3;/h8-11H,12H2,1-7H3,(H,21,23);4-6,11,19H,7-8H2,1-3H3,(H,16,18);4-7H,8H2,1-3H3,(H,15,17);2-4,10,16H,5-6H2,1H3,(H,13,15);1-3,8,13H,4-5,11H2;3H2,1-2H3;3H,2H2,1H3;1H. The van der Waals surface area contributed by atoms with Gasteiger partial charge in [0.25, 0.3) is 10.1 Å². The van der Waals surface area contributed by atoms with Crippen LogP contribution in [-0.2, 0) is 56.6 Å². The predicted molar refractivity (Wildman–Crippen MR) is 436 cm³/mol. The van der Waals surface area contributed by atoms with Gasteiger partial charge in [0.05, 0.1) is 28.5 Å². The van der Waals surface area contributed by atoms with Crippen molar-refractivity contribution >= 4 is 126 Å². The van der Waals surface area contributed by atoms with Crippen molar-refractivity contribution in [3.8, 4) is 28.7 Å². The zero-order valence-electron chi connectivity index (χ0n) is 68.3. The largest absolute Gasteiger partial charge is 0.499 e. The molecule has 1 saturated heterocycles. The third-order valence-corrected chi connectivity index (χ3v) is 16.9. The van der Waals surface area contributed by atoms with Gasteiger partial charge in [0.1, 0.15) is 76.9 Å². The Labute approximate surface area is 698 Å². The molecule has 650 valence electrons.